The van der Waals surface area contributed by atoms with Crippen LogP contribution in [0.5, 0.6) is 0 Å². The van der Waals surface area contributed by atoms with E-state index in [4.69, 9.17) is 10.5 Å². The number of nitrogens with two attached hydrogens (primary N) is 1. The molecule has 1 saturated carbocycles. The van der Waals surface area contributed by atoms with Crippen LogP contribution in [0.3, 0.4) is 0 Å². The molecule has 1 aliphatic carbocycles. The molecular formula is C27H35N3O3. The van der Waals surface area contributed by atoms with E-state index in [1.165, 1.54) is 0 Å². The molecule has 3 rings (SSSR count). The van der Waals surface area contributed by atoms with Crippen LogP contribution in [0.15, 0.2) is 73.0 Å². The molecule has 2 aromatic rings. The zero-order chi connectivity index (χ0) is 23.6. The van der Waals surface area contributed by atoms with E-state index in [0.29, 0.717) is 18.7 Å². The zero-order valence-electron chi connectivity index (χ0n) is 19.3. The Kier molecular flexibility index (Phi) is 9.07. The number of carbonyl (C=O) groups is 2. The van der Waals surface area contributed by atoms with E-state index in [2.05, 4.69) is 17.2 Å². The van der Waals surface area contributed by atoms with E-state index in [1.807, 2.05) is 67.6 Å². The first-order chi connectivity index (χ1) is 16.0. The van der Waals surface area contributed by atoms with Crippen molar-refractivity contribution in [2.75, 3.05) is 13.1 Å². The fourth-order valence-electron chi connectivity index (χ4n) is 4.40. The van der Waals surface area contributed by atoms with Crippen LogP contribution in [-0.4, -0.2) is 30.9 Å². The summed E-state index contributed by atoms with van der Waals surface area (Å²) in [7, 11) is 0. The molecule has 176 valence electrons. The highest BCUT2D eigenvalue weighted by atomic mass is 16.5. The molecule has 2 unspecified atom stereocenters. The Morgan fingerprint density at radius 1 is 1.06 bits per heavy atom. The summed E-state index contributed by atoms with van der Waals surface area (Å²) in [6.07, 6.45) is 2.92. The summed E-state index contributed by atoms with van der Waals surface area (Å²) in [6.45, 7) is 6.51. The lowest BCUT2D eigenvalue weighted by atomic mass is 9.91. The molecule has 0 aromatic heterocycles. The van der Waals surface area contributed by atoms with Crippen LogP contribution in [0.1, 0.15) is 49.8 Å². The van der Waals surface area contributed by atoms with Crippen molar-refractivity contribution in [1.29, 1.82) is 0 Å². The molecule has 0 radical (unpaired) electrons. The number of carbonyl (C=O) groups excluding carboxylic acids is 2. The third kappa shape index (κ3) is 7.19. The van der Waals surface area contributed by atoms with Crippen molar-refractivity contribution in [3.63, 3.8) is 0 Å². The molecule has 0 aliphatic heterocycles. The van der Waals surface area contributed by atoms with E-state index in [1.54, 1.807) is 0 Å². The molecule has 2 aromatic carbocycles. The van der Waals surface area contributed by atoms with Crippen LogP contribution in [0, 0.1) is 11.8 Å². The molecule has 6 nitrogen and oxygen atoms in total. The zero-order valence-corrected chi connectivity index (χ0v) is 19.3. The average Bonchev–Trinajstić information content (AvgIpc) is 3.31. The summed E-state index contributed by atoms with van der Waals surface area (Å²) < 4.78 is 6.23. The van der Waals surface area contributed by atoms with Gasteiger partial charge in [-0.1, -0.05) is 74.2 Å². The van der Waals surface area contributed by atoms with Crippen molar-refractivity contribution in [3.05, 3.63) is 84.1 Å². The van der Waals surface area contributed by atoms with Gasteiger partial charge in [-0.2, -0.15) is 0 Å². The maximum atomic E-state index is 12.7. The minimum absolute atomic E-state index is 0.00142. The SMILES string of the molecule is C=C(CCNC(=O)C(C)C1CC[C@H](NC(=O)CN)C1)OC(c1ccccc1)c1ccccc1. The highest BCUT2D eigenvalue weighted by molar-refractivity contribution is 5.79. The monoisotopic (exact) mass is 449 g/mol. The topological polar surface area (TPSA) is 93.5 Å². The summed E-state index contributed by atoms with van der Waals surface area (Å²) >= 11 is 0. The van der Waals surface area contributed by atoms with Crippen LogP contribution < -0.4 is 16.4 Å². The molecule has 0 spiro atoms. The number of amides is 2. The van der Waals surface area contributed by atoms with Gasteiger partial charge in [-0.05, 0) is 36.3 Å². The van der Waals surface area contributed by atoms with Crippen molar-refractivity contribution in [3.8, 4) is 0 Å². The molecule has 0 heterocycles. The van der Waals surface area contributed by atoms with Crippen LogP contribution >= 0.6 is 0 Å². The molecule has 3 atom stereocenters. The second-order valence-corrected chi connectivity index (χ2v) is 8.73. The molecule has 1 fully saturated rings. The van der Waals surface area contributed by atoms with Gasteiger partial charge in [0.2, 0.25) is 11.8 Å². The summed E-state index contributed by atoms with van der Waals surface area (Å²) in [4.78, 5) is 24.2. The Morgan fingerprint density at radius 2 is 1.67 bits per heavy atom. The molecule has 2 amide bonds. The van der Waals surface area contributed by atoms with Gasteiger partial charge in [0.15, 0.2) is 0 Å². The average molecular weight is 450 g/mol. The van der Waals surface area contributed by atoms with Gasteiger partial charge in [0, 0.05) is 24.9 Å². The molecule has 0 bridgehead atoms. The van der Waals surface area contributed by atoms with Crippen LogP contribution in [0.4, 0.5) is 0 Å². The number of ether oxygens (including phenoxy) is 1. The third-order valence-corrected chi connectivity index (χ3v) is 6.34. The normalized spacial score (nSPS) is 18.5. The van der Waals surface area contributed by atoms with Crippen LogP contribution in [0.2, 0.25) is 0 Å². The molecule has 33 heavy (non-hydrogen) atoms. The lowest BCUT2D eigenvalue weighted by Gasteiger charge is -2.22. The number of hydrogen-bond acceptors (Lipinski definition) is 4. The van der Waals surface area contributed by atoms with Gasteiger partial charge in [0.25, 0.3) is 0 Å². The molecule has 0 saturated heterocycles. The van der Waals surface area contributed by atoms with E-state index in [9.17, 15) is 9.59 Å². The van der Waals surface area contributed by atoms with Crippen molar-refractivity contribution in [2.24, 2.45) is 17.6 Å². The predicted octanol–water partition coefficient (Wildman–Crippen LogP) is 3.69. The number of rotatable bonds is 11. The minimum atomic E-state index is -0.242. The van der Waals surface area contributed by atoms with Crippen molar-refractivity contribution >= 4 is 11.8 Å². The maximum absolute atomic E-state index is 12.7. The Labute approximate surface area is 196 Å². The van der Waals surface area contributed by atoms with Crippen LogP contribution in [0.25, 0.3) is 0 Å². The highest BCUT2D eigenvalue weighted by Crippen LogP contribution is 2.32. The Morgan fingerprint density at radius 3 is 2.24 bits per heavy atom. The smallest absolute Gasteiger partial charge is 0.233 e. The van der Waals surface area contributed by atoms with Gasteiger partial charge in [0.1, 0.15) is 6.10 Å². The predicted molar refractivity (Wildman–Crippen MR) is 130 cm³/mol. The highest BCUT2D eigenvalue weighted by Gasteiger charge is 2.32. The standard InChI is InChI=1S/C27H35N3O3/c1-19(33-26(21-9-5-3-6-10-21)22-11-7-4-8-12-22)15-16-29-27(32)20(2)23-13-14-24(17-23)30-25(31)18-28/h3-12,20,23-24,26H,1,13-18,28H2,2H3,(H,29,32)(H,30,31)/t20?,23?,24-/m0/s1. The quantitative estimate of drug-likeness (QED) is 0.456. The first-order valence-corrected chi connectivity index (χ1v) is 11.7. The minimum Gasteiger partial charge on any atom is -0.486 e. The first kappa shape index (κ1) is 24.5. The van der Waals surface area contributed by atoms with Gasteiger partial charge >= 0.3 is 0 Å². The molecule has 6 heteroatoms. The van der Waals surface area contributed by atoms with Crippen molar-refractivity contribution in [2.45, 2.75) is 44.8 Å². The van der Waals surface area contributed by atoms with Crippen molar-refractivity contribution in [1.82, 2.24) is 10.6 Å². The fraction of sp³-hybridized carbons (Fsp3) is 0.407. The first-order valence-electron chi connectivity index (χ1n) is 11.7. The number of nitrogens with one attached hydrogen (secondary N) is 2. The summed E-state index contributed by atoms with van der Waals surface area (Å²) in [5, 5.41) is 5.95. The van der Waals surface area contributed by atoms with E-state index >= 15 is 0 Å². The van der Waals surface area contributed by atoms with Gasteiger partial charge < -0.3 is 21.1 Å². The van der Waals surface area contributed by atoms with Crippen LogP contribution in [-0.2, 0) is 14.3 Å². The van der Waals surface area contributed by atoms with Gasteiger partial charge in [-0.3, -0.25) is 9.59 Å². The lowest BCUT2D eigenvalue weighted by Crippen LogP contribution is -2.38. The second-order valence-electron chi connectivity index (χ2n) is 8.73. The summed E-state index contributed by atoms with van der Waals surface area (Å²) in [5.74, 6) is 0.668. The third-order valence-electron chi connectivity index (χ3n) is 6.34. The van der Waals surface area contributed by atoms with E-state index in [0.717, 1.165) is 30.4 Å². The van der Waals surface area contributed by atoms with Gasteiger partial charge in [-0.25, -0.2) is 0 Å². The van der Waals surface area contributed by atoms with Gasteiger partial charge in [0.05, 0.1) is 12.3 Å². The van der Waals surface area contributed by atoms with E-state index in [-0.39, 0.29) is 42.3 Å². The molecule has 1 aliphatic rings. The second kappa shape index (κ2) is 12.2. The maximum Gasteiger partial charge on any atom is 0.233 e. The molecule has 4 N–H and O–H groups in total. The van der Waals surface area contributed by atoms with E-state index < -0.39 is 0 Å². The summed E-state index contributed by atoms with van der Waals surface area (Å²) in [5.41, 5.74) is 7.49. The van der Waals surface area contributed by atoms with Crippen molar-refractivity contribution < 1.29 is 14.3 Å². The Balaban J connectivity index is 1.47. The van der Waals surface area contributed by atoms with Gasteiger partial charge in [-0.15, -0.1) is 0 Å². The number of hydrogen-bond donors (Lipinski definition) is 3. The molecular weight excluding hydrogens is 414 g/mol. The summed E-state index contributed by atoms with van der Waals surface area (Å²) in [6, 6.07) is 20.2. The largest absolute Gasteiger partial charge is 0.486 e. The Bertz CT molecular complexity index is 877. The Hall–Kier alpha value is -3.12. The number of benzene rings is 2. The lowest BCUT2D eigenvalue weighted by molar-refractivity contribution is -0.126. The fourth-order valence-corrected chi connectivity index (χ4v) is 4.40.